The number of rotatable bonds is 4. The van der Waals surface area contributed by atoms with Gasteiger partial charge in [0.15, 0.2) is 0 Å². The molecule has 0 amide bonds. The molecule has 0 saturated carbocycles. The van der Waals surface area contributed by atoms with Crippen molar-refractivity contribution in [1.29, 1.82) is 0 Å². The van der Waals surface area contributed by atoms with Crippen LogP contribution < -0.4 is 0 Å². The van der Waals surface area contributed by atoms with Gasteiger partial charge >= 0.3 is 5.97 Å². The Kier molecular flexibility index (Phi) is 3.57. The van der Waals surface area contributed by atoms with E-state index in [-0.39, 0.29) is 12.3 Å². The lowest BCUT2D eigenvalue weighted by atomic mass is 9.78. The van der Waals surface area contributed by atoms with Crippen molar-refractivity contribution >= 4 is 17.4 Å². The first-order valence-corrected chi connectivity index (χ1v) is 7.68. The molecule has 3 rings (SSSR count). The average molecular weight is 287 g/mol. The quantitative estimate of drug-likeness (QED) is 0.922. The Labute approximate surface area is 124 Å². The van der Waals surface area contributed by atoms with Gasteiger partial charge < -0.3 is 9.84 Å². The Morgan fingerprint density at radius 1 is 1.48 bits per heavy atom. The molecule has 1 N–H and O–H groups in total. The van der Waals surface area contributed by atoms with Crippen LogP contribution in [0.5, 0.6) is 0 Å². The first-order valence-electron chi connectivity index (χ1n) is 7.68. The van der Waals surface area contributed by atoms with E-state index in [9.17, 15) is 9.90 Å². The third-order valence-electron chi connectivity index (χ3n) is 4.73. The fraction of sp³-hybridized carbons (Fsp3) is 0.529. The summed E-state index contributed by atoms with van der Waals surface area (Å²) in [4.78, 5) is 16.1. The van der Waals surface area contributed by atoms with Gasteiger partial charge in [0.05, 0.1) is 17.8 Å². The van der Waals surface area contributed by atoms with E-state index in [1.807, 2.05) is 6.92 Å². The molecule has 2 atom stereocenters. The molecule has 2 aliphatic heterocycles. The topological polar surface area (TPSA) is 58.9 Å². The van der Waals surface area contributed by atoms with Crippen LogP contribution in [-0.2, 0) is 16.0 Å². The van der Waals surface area contributed by atoms with Gasteiger partial charge in [-0.15, -0.1) is 0 Å². The summed E-state index contributed by atoms with van der Waals surface area (Å²) >= 11 is 0. The van der Waals surface area contributed by atoms with Crippen molar-refractivity contribution < 1.29 is 14.6 Å². The van der Waals surface area contributed by atoms with Crippen LogP contribution in [-0.4, -0.2) is 29.0 Å². The summed E-state index contributed by atoms with van der Waals surface area (Å²) in [7, 11) is 0. The standard InChI is InChI=1S/C17H21NO3/c1-3-11-6-5-7-12-13-8-9-21-17(4-2,10-14(19)20)16(13)18-15(11)12/h5-7,13H,3-4,8-10H2,1-2H3,(H,19,20). The van der Waals surface area contributed by atoms with Crippen molar-refractivity contribution in [2.24, 2.45) is 4.99 Å². The molecule has 4 heteroatoms. The summed E-state index contributed by atoms with van der Waals surface area (Å²) < 4.78 is 5.93. The average Bonchev–Trinajstić information content (AvgIpc) is 2.87. The summed E-state index contributed by atoms with van der Waals surface area (Å²) in [5.74, 6) is -0.605. The highest BCUT2D eigenvalue weighted by molar-refractivity contribution is 6.06. The molecule has 1 aromatic carbocycles. The van der Waals surface area contributed by atoms with E-state index >= 15 is 0 Å². The summed E-state index contributed by atoms with van der Waals surface area (Å²) in [6.07, 6.45) is 2.46. The molecule has 0 aliphatic carbocycles. The van der Waals surface area contributed by atoms with Gasteiger partial charge in [-0.2, -0.15) is 0 Å². The number of ether oxygens (including phenoxy) is 1. The highest BCUT2D eigenvalue weighted by atomic mass is 16.5. The molecular weight excluding hydrogens is 266 g/mol. The maximum Gasteiger partial charge on any atom is 0.306 e. The van der Waals surface area contributed by atoms with Gasteiger partial charge in [0.2, 0.25) is 0 Å². The van der Waals surface area contributed by atoms with Gasteiger partial charge in [0.25, 0.3) is 0 Å². The van der Waals surface area contributed by atoms with Crippen molar-refractivity contribution in [1.82, 2.24) is 0 Å². The number of carboxylic acids is 1. The number of fused-ring (bicyclic) bond motifs is 3. The molecule has 4 nitrogen and oxygen atoms in total. The number of aryl methyl sites for hydroxylation is 1. The van der Waals surface area contributed by atoms with Gasteiger partial charge in [-0.3, -0.25) is 9.79 Å². The van der Waals surface area contributed by atoms with Crippen molar-refractivity contribution in [2.45, 2.75) is 51.0 Å². The zero-order chi connectivity index (χ0) is 15.0. The lowest BCUT2D eigenvalue weighted by molar-refractivity contribution is -0.143. The minimum atomic E-state index is -0.827. The number of aliphatic carboxylic acids is 1. The largest absolute Gasteiger partial charge is 0.481 e. The Bertz CT molecular complexity index is 608. The molecule has 0 aromatic heterocycles. The van der Waals surface area contributed by atoms with Crippen LogP contribution in [0.4, 0.5) is 5.69 Å². The SMILES string of the molecule is CCc1cccc2c1N=C1C2CCOC1(CC)CC(=O)O. The molecule has 1 saturated heterocycles. The number of carbonyl (C=O) groups is 1. The second kappa shape index (κ2) is 5.26. The molecule has 2 heterocycles. The molecule has 0 radical (unpaired) electrons. The summed E-state index contributed by atoms with van der Waals surface area (Å²) in [6.45, 7) is 4.71. The molecular formula is C17H21NO3. The van der Waals surface area contributed by atoms with E-state index < -0.39 is 11.6 Å². The number of benzene rings is 1. The number of carboxylic acid groups (broad SMARTS) is 1. The molecule has 2 aliphatic rings. The van der Waals surface area contributed by atoms with Crippen LogP contribution in [0.3, 0.4) is 0 Å². The number of nitrogens with zero attached hydrogens (tertiary/aromatic N) is 1. The Morgan fingerprint density at radius 2 is 2.29 bits per heavy atom. The van der Waals surface area contributed by atoms with Gasteiger partial charge in [-0.25, -0.2) is 0 Å². The lowest BCUT2D eigenvalue weighted by Gasteiger charge is -2.39. The highest BCUT2D eigenvalue weighted by Gasteiger charge is 2.47. The smallest absolute Gasteiger partial charge is 0.306 e. The summed E-state index contributed by atoms with van der Waals surface area (Å²) in [6, 6.07) is 6.31. The zero-order valence-corrected chi connectivity index (χ0v) is 12.6. The lowest BCUT2D eigenvalue weighted by Crippen LogP contribution is -2.48. The van der Waals surface area contributed by atoms with E-state index in [1.165, 1.54) is 11.1 Å². The van der Waals surface area contributed by atoms with Crippen molar-refractivity contribution in [3.05, 3.63) is 29.3 Å². The van der Waals surface area contributed by atoms with E-state index in [0.29, 0.717) is 13.0 Å². The molecule has 1 fully saturated rings. The predicted molar refractivity (Wildman–Crippen MR) is 81.5 cm³/mol. The highest BCUT2D eigenvalue weighted by Crippen LogP contribution is 2.47. The maximum absolute atomic E-state index is 11.3. The van der Waals surface area contributed by atoms with Crippen LogP contribution in [0.1, 0.15) is 50.2 Å². The van der Waals surface area contributed by atoms with Gasteiger partial charge in [0.1, 0.15) is 5.60 Å². The monoisotopic (exact) mass is 287 g/mol. The molecule has 0 bridgehead atoms. The third-order valence-corrected chi connectivity index (χ3v) is 4.73. The molecule has 21 heavy (non-hydrogen) atoms. The number of aliphatic imine (C=N–C) groups is 1. The molecule has 112 valence electrons. The van der Waals surface area contributed by atoms with E-state index in [1.54, 1.807) is 0 Å². The van der Waals surface area contributed by atoms with E-state index in [0.717, 1.165) is 24.2 Å². The first-order chi connectivity index (χ1) is 10.1. The Hall–Kier alpha value is -1.68. The van der Waals surface area contributed by atoms with Crippen molar-refractivity contribution in [3.8, 4) is 0 Å². The van der Waals surface area contributed by atoms with E-state index in [4.69, 9.17) is 9.73 Å². The second-order valence-corrected chi connectivity index (χ2v) is 5.81. The van der Waals surface area contributed by atoms with Crippen molar-refractivity contribution in [3.63, 3.8) is 0 Å². The van der Waals surface area contributed by atoms with Gasteiger partial charge in [-0.05, 0) is 30.4 Å². The van der Waals surface area contributed by atoms with Crippen LogP contribution in [0.2, 0.25) is 0 Å². The Morgan fingerprint density at radius 3 is 2.95 bits per heavy atom. The van der Waals surface area contributed by atoms with Crippen molar-refractivity contribution in [2.75, 3.05) is 6.61 Å². The Balaban J connectivity index is 2.09. The molecule has 1 aromatic rings. The van der Waals surface area contributed by atoms with Crippen LogP contribution in [0.15, 0.2) is 23.2 Å². The minimum absolute atomic E-state index is 0.00567. The van der Waals surface area contributed by atoms with Crippen LogP contribution >= 0.6 is 0 Å². The minimum Gasteiger partial charge on any atom is -0.481 e. The number of hydrogen-bond donors (Lipinski definition) is 1. The number of hydrogen-bond acceptors (Lipinski definition) is 3. The summed E-state index contributed by atoms with van der Waals surface area (Å²) in [5, 5.41) is 9.26. The van der Waals surface area contributed by atoms with Crippen LogP contribution in [0.25, 0.3) is 0 Å². The normalized spacial score (nSPS) is 27.0. The zero-order valence-electron chi connectivity index (χ0n) is 12.6. The molecule has 2 unspecified atom stereocenters. The second-order valence-electron chi connectivity index (χ2n) is 5.81. The fourth-order valence-corrected chi connectivity index (χ4v) is 3.61. The van der Waals surface area contributed by atoms with Crippen LogP contribution in [0, 0.1) is 0 Å². The number of para-hydroxylation sites is 1. The first kappa shape index (κ1) is 14.3. The van der Waals surface area contributed by atoms with Gasteiger partial charge in [0, 0.05) is 12.5 Å². The maximum atomic E-state index is 11.3. The van der Waals surface area contributed by atoms with E-state index in [2.05, 4.69) is 25.1 Å². The third kappa shape index (κ3) is 2.18. The summed E-state index contributed by atoms with van der Waals surface area (Å²) in [5.41, 5.74) is 3.72. The fourth-order valence-electron chi connectivity index (χ4n) is 3.61. The predicted octanol–water partition coefficient (Wildman–Crippen LogP) is 3.46. The van der Waals surface area contributed by atoms with Gasteiger partial charge in [-0.1, -0.05) is 32.0 Å². The molecule has 0 spiro atoms.